The highest BCUT2D eigenvalue weighted by molar-refractivity contribution is 5.79. The quantitative estimate of drug-likeness (QED) is 0.289. The van der Waals surface area contributed by atoms with Crippen LogP contribution in [0.15, 0.2) is 24.4 Å². The largest absolute Gasteiger partial charge is 0.490 e. The maximum absolute atomic E-state index is 12.2. The third kappa shape index (κ3) is 12.5. The van der Waals surface area contributed by atoms with Crippen LogP contribution in [-0.4, -0.2) is 75.6 Å². The van der Waals surface area contributed by atoms with Crippen LogP contribution in [0.5, 0.6) is 5.75 Å². The lowest BCUT2D eigenvalue weighted by molar-refractivity contribution is -0.166. The number of ether oxygens (including phenoxy) is 4. The molecule has 224 valence electrons. The summed E-state index contributed by atoms with van der Waals surface area (Å²) in [7, 11) is 0. The molecule has 0 fully saturated rings. The van der Waals surface area contributed by atoms with Gasteiger partial charge in [-0.2, -0.15) is 5.10 Å². The number of amides is 2. The van der Waals surface area contributed by atoms with E-state index in [1.807, 2.05) is 0 Å². The molecule has 0 aliphatic rings. The number of carbonyl (C=O) groups excluding carboxylic acids is 3. The van der Waals surface area contributed by atoms with E-state index in [1.165, 1.54) is 0 Å². The summed E-state index contributed by atoms with van der Waals surface area (Å²) in [5, 5.41) is 20.9. The van der Waals surface area contributed by atoms with Crippen molar-refractivity contribution in [2.24, 2.45) is 5.92 Å². The Morgan fingerprint density at radius 3 is 1.90 bits per heavy atom. The van der Waals surface area contributed by atoms with Gasteiger partial charge < -0.3 is 34.7 Å². The third-order valence-corrected chi connectivity index (χ3v) is 4.92. The number of hydrogen-bond donors (Lipinski definition) is 3. The van der Waals surface area contributed by atoms with Gasteiger partial charge in [0.05, 0.1) is 5.52 Å². The van der Waals surface area contributed by atoms with Crippen molar-refractivity contribution in [3.05, 3.63) is 24.4 Å². The fourth-order valence-corrected chi connectivity index (χ4v) is 3.40. The van der Waals surface area contributed by atoms with Gasteiger partial charge in [0, 0.05) is 37.1 Å². The SMILES string of the molecule is CC(C)(C)OC(=O)NCC(CNC(=O)OC(C)(C)C)Cn1cc2cc(OC[C@@H](O)C(=O)OC(C)(C)C)ccc2n1. The highest BCUT2D eigenvalue weighted by Crippen LogP contribution is 2.21. The molecule has 0 saturated heterocycles. The Balaban J connectivity index is 2.07. The van der Waals surface area contributed by atoms with E-state index in [9.17, 15) is 19.5 Å². The van der Waals surface area contributed by atoms with Crippen molar-refractivity contribution in [2.75, 3.05) is 19.7 Å². The number of carbonyl (C=O) groups is 3. The number of aromatic nitrogens is 2. The van der Waals surface area contributed by atoms with E-state index in [2.05, 4.69) is 15.7 Å². The second kappa shape index (κ2) is 13.2. The molecule has 2 rings (SSSR count). The van der Waals surface area contributed by atoms with Gasteiger partial charge in [-0.05, 0) is 80.5 Å². The topological polar surface area (TPSA) is 150 Å². The van der Waals surface area contributed by atoms with Crippen molar-refractivity contribution in [1.29, 1.82) is 0 Å². The second-order valence-corrected chi connectivity index (χ2v) is 12.6. The molecule has 0 radical (unpaired) electrons. The molecule has 1 aromatic heterocycles. The van der Waals surface area contributed by atoms with Crippen molar-refractivity contribution in [1.82, 2.24) is 20.4 Å². The molecule has 0 spiro atoms. The number of esters is 1. The van der Waals surface area contributed by atoms with Crippen molar-refractivity contribution in [3.8, 4) is 5.75 Å². The highest BCUT2D eigenvalue weighted by atomic mass is 16.6. The number of nitrogens with one attached hydrogen (secondary N) is 2. The van der Waals surface area contributed by atoms with Crippen LogP contribution in [0.3, 0.4) is 0 Å². The van der Waals surface area contributed by atoms with Crippen LogP contribution in [0.1, 0.15) is 62.3 Å². The van der Waals surface area contributed by atoms with Crippen LogP contribution in [-0.2, 0) is 25.5 Å². The van der Waals surface area contributed by atoms with Crippen LogP contribution < -0.4 is 15.4 Å². The third-order valence-electron chi connectivity index (χ3n) is 4.92. The molecule has 0 aliphatic carbocycles. The smallest absolute Gasteiger partial charge is 0.407 e. The molecule has 1 aromatic carbocycles. The number of aliphatic hydroxyl groups is 1. The molecule has 0 bridgehead atoms. The molecule has 0 aliphatic heterocycles. The summed E-state index contributed by atoms with van der Waals surface area (Å²) in [5.74, 6) is -0.550. The Morgan fingerprint density at radius 1 is 0.875 bits per heavy atom. The lowest BCUT2D eigenvalue weighted by atomic mass is 10.1. The lowest BCUT2D eigenvalue weighted by Crippen LogP contribution is -2.41. The van der Waals surface area contributed by atoms with E-state index in [-0.39, 0.29) is 25.6 Å². The van der Waals surface area contributed by atoms with Gasteiger partial charge in [-0.1, -0.05) is 0 Å². The summed E-state index contributed by atoms with van der Waals surface area (Å²) >= 11 is 0. The minimum absolute atomic E-state index is 0.220. The summed E-state index contributed by atoms with van der Waals surface area (Å²) in [5.41, 5.74) is -1.30. The first-order valence-corrected chi connectivity index (χ1v) is 13.2. The number of alkyl carbamates (subject to hydrolysis) is 2. The average Bonchev–Trinajstić information content (AvgIpc) is 3.17. The lowest BCUT2D eigenvalue weighted by Gasteiger charge is -2.23. The van der Waals surface area contributed by atoms with Gasteiger partial charge in [0.15, 0.2) is 6.10 Å². The Kier molecular flexibility index (Phi) is 10.8. The Hall–Kier alpha value is -3.54. The zero-order chi connectivity index (χ0) is 30.3. The molecule has 12 heteroatoms. The van der Waals surface area contributed by atoms with E-state index < -0.39 is 41.1 Å². The van der Waals surface area contributed by atoms with Crippen molar-refractivity contribution in [3.63, 3.8) is 0 Å². The van der Waals surface area contributed by atoms with E-state index in [0.29, 0.717) is 17.8 Å². The van der Waals surface area contributed by atoms with Gasteiger partial charge in [0.25, 0.3) is 0 Å². The van der Waals surface area contributed by atoms with E-state index in [4.69, 9.17) is 18.9 Å². The molecule has 0 saturated carbocycles. The van der Waals surface area contributed by atoms with Crippen molar-refractivity contribution < 1.29 is 38.4 Å². The molecule has 2 amide bonds. The Labute approximate surface area is 235 Å². The molecular weight excluding hydrogens is 520 g/mol. The zero-order valence-corrected chi connectivity index (χ0v) is 25.0. The van der Waals surface area contributed by atoms with Gasteiger partial charge in [-0.15, -0.1) is 0 Å². The normalized spacial score (nSPS) is 13.1. The average molecular weight is 565 g/mol. The van der Waals surface area contributed by atoms with Crippen molar-refractivity contribution in [2.45, 2.75) is 91.8 Å². The minimum Gasteiger partial charge on any atom is -0.490 e. The predicted octanol–water partition coefficient (Wildman–Crippen LogP) is 3.78. The number of hydrogen-bond acceptors (Lipinski definition) is 9. The second-order valence-electron chi connectivity index (χ2n) is 12.6. The molecule has 1 heterocycles. The van der Waals surface area contributed by atoms with Gasteiger partial charge in [0.1, 0.15) is 29.2 Å². The zero-order valence-electron chi connectivity index (χ0n) is 25.0. The summed E-state index contributed by atoms with van der Waals surface area (Å²) in [6.45, 7) is 16.4. The first-order chi connectivity index (χ1) is 18.3. The number of fused-ring (bicyclic) bond motifs is 1. The van der Waals surface area contributed by atoms with Gasteiger partial charge in [-0.3, -0.25) is 4.68 Å². The van der Waals surface area contributed by atoms with E-state index in [0.717, 1.165) is 5.39 Å². The van der Waals surface area contributed by atoms with Crippen LogP contribution in [0, 0.1) is 5.92 Å². The molecule has 12 nitrogen and oxygen atoms in total. The van der Waals surface area contributed by atoms with Crippen LogP contribution in [0.25, 0.3) is 10.9 Å². The summed E-state index contributed by atoms with van der Waals surface area (Å²) in [6, 6.07) is 5.19. The fraction of sp³-hybridized carbons (Fsp3) is 0.643. The summed E-state index contributed by atoms with van der Waals surface area (Å²) in [6.07, 6.45) is -0.736. The first kappa shape index (κ1) is 32.7. The summed E-state index contributed by atoms with van der Waals surface area (Å²) in [4.78, 5) is 36.4. The highest BCUT2D eigenvalue weighted by Gasteiger charge is 2.24. The van der Waals surface area contributed by atoms with E-state index in [1.54, 1.807) is 91.4 Å². The van der Waals surface area contributed by atoms with Gasteiger partial charge >= 0.3 is 18.2 Å². The van der Waals surface area contributed by atoms with Crippen LogP contribution in [0.2, 0.25) is 0 Å². The molecule has 0 unspecified atom stereocenters. The Morgan fingerprint density at radius 2 is 1.40 bits per heavy atom. The number of benzene rings is 1. The molecule has 1 atom stereocenters. The Bertz CT molecular complexity index is 1130. The van der Waals surface area contributed by atoms with Crippen LogP contribution in [0.4, 0.5) is 9.59 Å². The van der Waals surface area contributed by atoms with Gasteiger partial charge in [-0.25, -0.2) is 14.4 Å². The van der Waals surface area contributed by atoms with Crippen molar-refractivity contribution >= 4 is 29.1 Å². The van der Waals surface area contributed by atoms with Gasteiger partial charge in [0.2, 0.25) is 0 Å². The predicted molar refractivity (Wildman–Crippen MR) is 149 cm³/mol. The minimum atomic E-state index is -1.42. The number of rotatable bonds is 10. The maximum Gasteiger partial charge on any atom is 0.407 e. The molecule has 3 N–H and O–H groups in total. The maximum atomic E-state index is 12.2. The fourth-order valence-electron chi connectivity index (χ4n) is 3.40. The molecular formula is C28H44N4O8. The number of aliphatic hydroxyl groups excluding tert-OH is 1. The summed E-state index contributed by atoms with van der Waals surface area (Å²) < 4.78 is 23.1. The standard InChI is InChI=1S/C28H44N4O8/c1-26(2,3)38-23(34)22(33)17-37-20-10-11-21-19(12-20)16-32(31-21)15-18(13-29-24(35)39-27(4,5)6)14-30-25(36)40-28(7,8)9/h10-12,16,18,22,33H,13-15,17H2,1-9H3,(H,29,35)(H,30,36)/t22-/m1/s1. The monoisotopic (exact) mass is 564 g/mol. The molecule has 2 aromatic rings. The van der Waals surface area contributed by atoms with E-state index >= 15 is 0 Å². The molecule has 40 heavy (non-hydrogen) atoms. The van der Waals surface area contributed by atoms with Crippen LogP contribution >= 0.6 is 0 Å². The first-order valence-electron chi connectivity index (χ1n) is 13.2. The number of nitrogens with zero attached hydrogens (tertiary/aromatic N) is 2.